The van der Waals surface area contributed by atoms with E-state index >= 15 is 0 Å². The van der Waals surface area contributed by atoms with Crippen molar-refractivity contribution in [2.45, 2.75) is 309 Å². The Morgan fingerprint density at radius 3 is 0.867 bits per heavy atom. The third-order valence-corrected chi connectivity index (χ3v) is 13.5. The van der Waals surface area contributed by atoms with Gasteiger partial charge in [-0.15, -0.1) is 0 Å². The zero-order valence-corrected chi connectivity index (χ0v) is 49.3. The monoisotopic (exact) mass is 1040 g/mol. The summed E-state index contributed by atoms with van der Waals surface area (Å²) >= 11 is 0. The van der Waals surface area contributed by atoms with Crippen molar-refractivity contribution in [3.8, 4) is 0 Å². The number of allylic oxidation sites excluding steroid dienone is 16. The fourth-order valence-corrected chi connectivity index (χ4v) is 8.78. The molecule has 0 bridgehead atoms. The summed E-state index contributed by atoms with van der Waals surface area (Å²) in [5.41, 5.74) is 0. The number of esters is 3. The zero-order chi connectivity index (χ0) is 54.3. The molecular weight excluding hydrogens is 925 g/mol. The van der Waals surface area contributed by atoms with E-state index in [0.717, 1.165) is 122 Å². The Morgan fingerprint density at radius 2 is 0.533 bits per heavy atom. The summed E-state index contributed by atoms with van der Waals surface area (Å²) < 4.78 is 16.9. The second-order valence-electron chi connectivity index (χ2n) is 20.9. The van der Waals surface area contributed by atoms with Gasteiger partial charge in [-0.1, -0.05) is 266 Å². The molecule has 0 saturated carbocycles. The number of ether oxygens (including phenoxy) is 3. The number of rotatable bonds is 57. The summed E-state index contributed by atoms with van der Waals surface area (Å²) in [7, 11) is 0. The van der Waals surface area contributed by atoms with Crippen LogP contribution in [0.15, 0.2) is 97.2 Å². The average molecular weight is 1040 g/mol. The molecule has 6 heteroatoms. The predicted molar refractivity (Wildman–Crippen MR) is 325 cm³/mol. The highest BCUT2D eigenvalue weighted by Crippen LogP contribution is 2.16. The Balaban J connectivity index is 4.31. The van der Waals surface area contributed by atoms with Gasteiger partial charge in [-0.25, -0.2) is 0 Å². The van der Waals surface area contributed by atoms with E-state index in [2.05, 4.69) is 118 Å². The first-order valence-corrected chi connectivity index (χ1v) is 31.7. The molecule has 75 heavy (non-hydrogen) atoms. The van der Waals surface area contributed by atoms with Gasteiger partial charge in [0.25, 0.3) is 0 Å². The number of unbranched alkanes of at least 4 members (excludes halogenated alkanes) is 30. The lowest BCUT2D eigenvalue weighted by Crippen LogP contribution is -2.30. The van der Waals surface area contributed by atoms with Crippen LogP contribution in [0.5, 0.6) is 0 Å². The maximum absolute atomic E-state index is 12.9. The van der Waals surface area contributed by atoms with Crippen molar-refractivity contribution in [1.29, 1.82) is 0 Å². The molecule has 0 aliphatic heterocycles. The quantitative estimate of drug-likeness (QED) is 0.0261. The van der Waals surface area contributed by atoms with Crippen LogP contribution in [0.25, 0.3) is 0 Å². The number of carbonyl (C=O) groups is 3. The maximum Gasteiger partial charge on any atom is 0.306 e. The van der Waals surface area contributed by atoms with Crippen LogP contribution in [0.3, 0.4) is 0 Å². The molecule has 0 fully saturated rings. The average Bonchev–Trinajstić information content (AvgIpc) is 3.41. The van der Waals surface area contributed by atoms with E-state index in [0.29, 0.717) is 19.3 Å². The van der Waals surface area contributed by atoms with Crippen molar-refractivity contribution >= 4 is 17.9 Å². The fraction of sp³-hybridized carbons (Fsp3) is 0.725. The van der Waals surface area contributed by atoms with Gasteiger partial charge in [0.15, 0.2) is 6.10 Å². The van der Waals surface area contributed by atoms with Gasteiger partial charge in [0.1, 0.15) is 13.2 Å². The zero-order valence-electron chi connectivity index (χ0n) is 49.3. The SMILES string of the molecule is CC/C=C\C/C=C\C/C=C\C/C=C\C/C=C\CCCCCCCC(=O)OC(COC(=O)CCCCCCC/C=C\CCCC)COC(=O)CCCCCCCCCCCCCCC/C=C\C/C=C\CCCCCCC. The van der Waals surface area contributed by atoms with Crippen LogP contribution in [-0.2, 0) is 28.6 Å². The van der Waals surface area contributed by atoms with Gasteiger partial charge in [-0.2, -0.15) is 0 Å². The van der Waals surface area contributed by atoms with Gasteiger partial charge < -0.3 is 14.2 Å². The standard InChI is InChI=1S/C69H118O6/c1-4-7-10-13-16-19-22-24-26-28-30-32-33-34-35-37-38-40-42-44-47-50-53-56-59-62-68(71)74-65-66(64-73-67(70)61-58-55-52-49-46-21-18-15-12-9-6-3)75-69(72)63-60-57-54-51-48-45-43-41-39-36-31-29-27-25-23-20-17-14-11-8-5-2/h8,11,15,17-18,20,22,24-25,27-28,30-31,36,41,43,66H,4-7,9-10,12-14,16,19,21,23,26,29,32-35,37-40,42,44-65H2,1-3H3/b11-8-,18-15-,20-17-,24-22-,27-25-,30-28-,36-31-,43-41-. The van der Waals surface area contributed by atoms with Gasteiger partial charge in [-0.3, -0.25) is 14.4 Å². The van der Waals surface area contributed by atoms with Crippen LogP contribution in [0, 0.1) is 0 Å². The Labute approximate surface area is 464 Å². The first kappa shape index (κ1) is 71.3. The summed E-state index contributed by atoms with van der Waals surface area (Å²) in [6.45, 7) is 6.47. The summed E-state index contributed by atoms with van der Waals surface area (Å²) in [5.74, 6) is -0.911. The van der Waals surface area contributed by atoms with E-state index in [-0.39, 0.29) is 31.1 Å². The lowest BCUT2D eigenvalue weighted by atomic mass is 10.0. The van der Waals surface area contributed by atoms with Crippen molar-refractivity contribution in [2.24, 2.45) is 0 Å². The third kappa shape index (κ3) is 61.1. The molecule has 430 valence electrons. The molecule has 0 N–H and O–H groups in total. The third-order valence-electron chi connectivity index (χ3n) is 13.5. The van der Waals surface area contributed by atoms with E-state index in [1.165, 1.54) is 141 Å². The van der Waals surface area contributed by atoms with Gasteiger partial charge >= 0.3 is 17.9 Å². The summed E-state index contributed by atoms with van der Waals surface area (Å²) in [6.07, 6.45) is 84.1. The molecule has 1 atom stereocenters. The Bertz CT molecular complexity index is 1480. The van der Waals surface area contributed by atoms with E-state index in [1.807, 2.05) is 0 Å². The molecule has 0 amide bonds. The molecule has 0 aliphatic rings. The molecule has 0 rings (SSSR count). The molecule has 0 aromatic carbocycles. The fourth-order valence-electron chi connectivity index (χ4n) is 8.78. The molecule has 1 unspecified atom stereocenters. The van der Waals surface area contributed by atoms with Crippen LogP contribution < -0.4 is 0 Å². The van der Waals surface area contributed by atoms with Crippen LogP contribution in [0.2, 0.25) is 0 Å². The van der Waals surface area contributed by atoms with Gasteiger partial charge in [0, 0.05) is 19.3 Å². The highest BCUT2D eigenvalue weighted by Gasteiger charge is 2.19. The highest BCUT2D eigenvalue weighted by molar-refractivity contribution is 5.71. The molecule has 0 radical (unpaired) electrons. The summed E-state index contributed by atoms with van der Waals surface area (Å²) in [4.78, 5) is 38.2. The predicted octanol–water partition coefficient (Wildman–Crippen LogP) is 21.7. The molecule has 6 nitrogen and oxygen atoms in total. The van der Waals surface area contributed by atoms with Crippen LogP contribution in [-0.4, -0.2) is 37.2 Å². The Morgan fingerprint density at radius 1 is 0.280 bits per heavy atom. The largest absolute Gasteiger partial charge is 0.462 e. The molecule has 0 spiro atoms. The first-order valence-electron chi connectivity index (χ1n) is 31.7. The number of carbonyl (C=O) groups excluding carboxylic acids is 3. The maximum atomic E-state index is 12.9. The van der Waals surface area contributed by atoms with Crippen molar-refractivity contribution in [2.75, 3.05) is 13.2 Å². The second-order valence-corrected chi connectivity index (χ2v) is 20.9. The molecule has 0 saturated heterocycles. The van der Waals surface area contributed by atoms with Crippen molar-refractivity contribution in [1.82, 2.24) is 0 Å². The highest BCUT2D eigenvalue weighted by atomic mass is 16.6. The number of hydrogen-bond acceptors (Lipinski definition) is 6. The topological polar surface area (TPSA) is 78.9 Å². The van der Waals surface area contributed by atoms with E-state index < -0.39 is 6.10 Å². The van der Waals surface area contributed by atoms with Gasteiger partial charge in [-0.05, 0) is 116 Å². The number of hydrogen-bond donors (Lipinski definition) is 0. The molecular formula is C69H118O6. The molecule has 0 aliphatic carbocycles. The minimum Gasteiger partial charge on any atom is -0.462 e. The minimum absolute atomic E-state index is 0.0880. The lowest BCUT2D eigenvalue weighted by Gasteiger charge is -2.18. The first-order chi connectivity index (χ1) is 37.0. The van der Waals surface area contributed by atoms with E-state index in [4.69, 9.17) is 14.2 Å². The van der Waals surface area contributed by atoms with Gasteiger partial charge in [0.2, 0.25) is 0 Å². The smallest absolute Gasteiger partial charge is 0.306 e. The van der Waals surface area contributed by atoms with Crippen LogP contribution >= 0.6 is 0 Å². The van der Waals surface area contributed by atoms with Crippen molar-refractivity contribution in [3.63, 3.8) is 0 Å². The van der Waals surface area contributed by atoms with Crippen LogP contribution in [0.1, 0.15) is 303 Å². The van der Waals surface area contributed by atoms with E-state index in [9.17, 15) is 14.4 Å². The van der Waals surface area contributed by atoms with Crippen LogP contribution in [0.4, 0.5) is 0 Å². The Kier molecular flexibility index (Phi) is 59.8. The normalized spacial score (nSPS) is 12.7. The van der Waals surface area contributed by atoms with Crippen molar-refractivity contribution in [3.05, 3.63) is 97.2 Å². The molecule has 0 aromatic rings. The summed E-state index contributed by atoms with van der Waals surface area (Å²) in [5, 5.41) is 0. The minimum atomic E-state index is -0.793. The second kappa shape index (κ2) is 62.9. The Hall–Kier alpha value is -3.67. The lowest BCUT2D eigenvalue weighted by molar-refractivity contribution is -0.167. The molecule has 0 heterocycles. The summed E-state index contributed by atoms with van der Waals surface area (Å²) in [6, 6.07) is 0. The van der Waals surface area contributed by atoms with E-state index in [1.54, 1.807) is 0 Å². The van der Waals surface area contributed by atoms with Gasteiger partial charge in [0.05, 0.1) is 0 Å². The van der Waals surface area contributed by atoms with Crippen molar-refractivity contribution < 1.29 is 28.6 Å². The molecule has 0 aromatic heterocycles.